The third-order valence-electron chi connectivity index (χ3n) is 4.33. The third kappa shape index (κ3) is 2.82. The molecule has 0 aliphatic carbocycles. The van der Waals surface area contributed by atoms with Crippen LogP contribution in [0.5, 0.6) is 11.5 Å². The van der Waals surface area contributed by atoms with Crippen molar-refractivity contribution in [3.8, 4) is 11.5 Å². The third-order valence-corrected chi connectivity index (χ3v) is 4.33. The second kappa shape index (κ2) is 5.82. The summed E-state index contributed by atoms with van der Waals surface area (Å²) in [4.78, 5) is 12.5. The first kappa shape index (κ1) is 16.3. The number of methoxy groups -OCH3 is 1. The molecule has 1 aliphatic heterocycles. The Morgan fingerprint density at radius 3 is 2.29 bits per heavy atom. The maximum absolute atomic E-state index is 12.5. The summed E-state index contributed by atoms with van der Waals surface area (Å²) in [6.45, 7) is 8.43. The van der Waals surface area contributed by atoms with E-state index in [1.165, 1.54) is 5.56 Å². The topological polar surface area (TPSA) is 35.5 Å². The maximum atomic E-state index is 12.5. The Labute approximate surface area is 142 Å². The van der Waals surface area contributed by atoms with Gasteiger partial charge in [0, 0.05) is 5.56 Å². The molecule has 0 fully saturated rings. The molecular weight excluding hydrogens is 300 g/mol. The van der Waals surface area contributed by atoms with E-state index in [0.717, 1.165) is 16.9 Å². The van der Waals surface area contributed by atoms with Crippen molar-refractivity contribution in [1.82, 2.24) is 0 Å². The van der Waals surface area contributed by atoms with E-state index in [2.05, 4.69) is 32.9 Å². The summed E-state index contributed by atoms with van der Waals surface area (Å²) in [7, 11) is 1.61. The van der Waals surface area contributed by atoms with Gasteiger partial charge < -0.3 is 9.47 Å². The van der Waals surface area contributed by atoms with Crippen molar-refractivity contribution in [3.05, 3.63) is 64.4 Å². The molecule has 0 unspecified atom stereocenters. The summed E-state index contributed by atoms with van der Waals surface area (Å²) in [5.74, 6) is 1.58. The number of benzene rings is 2. The summed E-state index contributed by atoms with van der Waals surface area (Å²) in [6, 6.07) is 11.8. The van der Waals surface area contributed by atoms with Crippen molar-refractivity contribution in [2.75, 3.05) is 7.11 Å². The van der Waals surface area contributed by atoms with E-state index in [4.69, 9.17) is 9.47 Å². The van der Waals surface area contributed by atoms with Crippen LogP contribution in [0.15, 0.2) is 42.2 Å². The summed E-state index contributed by atoms with van der Waals surface area (Å²) >= 11 is 0. The summed E-state index contributed by atoms with van der Waals surface area (Å²) < 4.78 is 11.1. The van der Waals surface area contributed by atoms with Gasteiger partial charge in [-0.1, -0.05) is 45.0 Å². The van der Waals surface area contributed by atoms with Gasteiger partial charge in [-0.05, 0) is 41.7 Å². The highest BCUT2D eigenvalue weighted by molar-refractivity contribution is 6.14. The van der Waals surface area contributed by atoms with E-state index in [0.29, 0.717) is 17.1 Å². The average molecular weight is 322 g/mol. The molecule has 2 aromatic rings. The molecule has 0 saturated heterocycles. The predicted octanol–water partition coefficient (Wildman–Crippen LogP) is 4.92. The van der Waals surface area contributed by atoms with Crippen molar-refractivity contribution in [3.63, 3.8) is 0 Å². The number of hydrogen-bond donors (Lipinski definition) is 0. The van der Waals surface area contributed by atoms with Gasteiger partial charge in [0.25, 0.3) is 0 Å². The van der Waals surface area contributed by atoms with E-state index in [1.54, 1.807) is 25.3 Å². The molecule has 1 aliphatic rings. The minimum atomic E-state index is -0.0874. The van der Waals surface area contributed by atoms with Crippen LogP contribution in [0.25, 0.3) is 6.08 Å². The van der Waals surface area contributed by atoms with Crippen molar-refractivity contribution in [1.29, 1.82) is 0 Å². The van der Waals surface area contributed by atoms with Crippen LogP contribution in [-0.4, -0.2) is 12.9 Å². The zero-order valence-electron chi connectivity index (χ0n) is 14.8. The molecule has 124 valence electrons. The van der Waals surface area contributed by atoms with Gasteiger partial charge in [0.2, 0.25) is 5.78 Å². The van der Waals surface area contributed by atoms with Gasteiger partial charge in [0.15, 0.2) is 5.76 Å². The molecule has 0 spiro atoms. The normalized spacial score (nSPS) is 15.4. The number of hydrogen-bond acceptors (Lipinski definition) is 3. The minimum Gasteiger partial charge on any atom is -0.496 e. The fourth-order valence-electron chi connectivity index (χ4n) is 2.82. The lowest BCUT2D eigenvalue weighted by Gasteiger charge is -2.18. The zero-order valence-corrected chi connectivity index (χ0v) is 14.8. The fourth-order valence-corrected chi connectivity index (χ4v) is 2.82. The zero-order chi connectivity index (χ0) is 17.5. The van der Waals surface area contributed by atoms with Crippen LogP contribution >= 0.6 is 0 Å². The Bertz CT molecular complexity index is 821. The smallest absolute Gasteiger partial charge is 0.231 e. The number of ether oxygens (including phenoxy) is 2. The molecule has 0 bridgehead atoms. The second-order valence-electron chi connectivity index (χ2n) is 7.08. The lowest BCUT2D eigenvalue weighted by molar-refractivity contribution is 0.101. The largest absolute Gasteiger partial charge is 0.496 e. The predicted molar refractivity (Wildman–Crippen MR) is 95.8 cm³/mol. The van der Waals surface area contributed by atoms with Crippen molar-refractivity contribution < 1.29 is 14.3 Å². The van der Waals surface area contributed by atoms with Gasteiger partial charge in [0.1, 0.15) is 11.5 Å². The Kier molecular flexibility index (Phi) is 3.96. The molecule has 0 radical (unpaired) electrons. The molecule has 0 amide bonds. The molecule has 0 atom stereocenters. The molecule has 0 aromatic heterocycles. The molecular formula is C21H22O3. The van der Waals surface area contributed by atoms with Gasteiger partial charge in [0.05, 0.1) is 12.7 Å². The fraction of sp³-hybridized carbons (Fsp3) is 0.286. The van der Waals surface area contributed by atoms with Crippen LogP contribution < -0.4 is 9.47 Å². The quantitative estimate of drug-likeness (QED) is 0.736. The van der Waals surface area contributed by atoms with E-state index >= 15 is 0 Å². The summed E-state index contributed by atoms with van der Waals surface area (Å²) in [5.41, 5.74) is 3.74. The first-order valence-electron chi connectivity index (χ1n) is 8.03. The molecule has 24 heavy (non-hydrogen) atoms. The van der Waals surface area contributed by atoms with Gasteiger partial charge in [-0.15, -0.1) is 0 Å². The van der Waals surface area contributed by atoms with Crippen LogP contribution in [0.4, 0.5) is 0 Å². The lowest BCUT2D eigenvalue weighted by atomic mass is 9.86. The molecule has 3 nitrogen and oxygen atoms in total. The molecule has 0 N–H and O–H groups in total. The number of rotatable bonds is 2. The standard InChI is InChI=1S/C21H22O3/c1-13-17(23-5)11-10-16-19(22)18(24-20(13)16)12-14-6-8-15(9-7-14)21(2,3)4/h6-12H,1-5H3/b18-12-. The number of ketones is 1. The lowest BCUT2D eigenvalue weighted by Crippen LogP contribution is -2.10. The Morgan fingerprint density at radius 2 is 1.71 bits per heavy atom. The summed E-state index contributed by atoms with van der Waals surface area (Å²) in [5, 5.41) is 0. The number of allylic oxidation sites excluding steroid dienone is 1. The summed E-state index contributed by atoms with van der Waals surface area (Å²) in [6.07, 6.45) is 1.79. The van der Waals surface area contributed by atoms with Gasteiger partial charge in [-0.2, -0.15) is 0 Å². The van der Waals surface area contributed by atoms with Gasteiger partial charge in [-0.3, -0.25) is 4.79 Å². The number of fused-ring (bicyclic) bond motifs is 1. The van der Waals surface area contributed by atoms with E-state index < -0.39 is 0 Å². The average Bonchev–Trinajstić information content (AvgIpc) is 2.85. The highest BCUT2D eigenvalue weighted by Gasteiger charge is 2.30. The molecule has 3 heteroatoms. The Morgan fingerprint density at radius 1 is 1.04 bits per heavy atom. The SMILES string of the molecule is COc1ccc2c(c1C)O/C(=C\c1ccc(C(C)(C)C)cc1)C2=O. The number of carbonyl (C=O) groups excluding carboxylic acids is 1. The van der Waals surface area contributed by atoms with E-state index in [-0.39, 0.29) is 11.2 Å². The Balaban J connectivity index is 1.93. The monoisotopic (exact) mass is 322 g/mol. The number of Topliss-reactive ketones (excluding diaryl/α,β-unsaturated/α-hetero) is 1. The minimum absolute atomic E-state index is 0.0874. The van der Waals surface area contributed by atoms with Crippen LogP contribution in [0.1, 0.15) is 47.8 Å². The second-order valence-corrected chi connectivity index (χ2v) is 7.08. The van der Waals surface area contributed by atoms with Crippen LogP contribution in [-0.2, 0) is 5.41 Å². The van der Waals surface area contributed by atoms with Crippen LogP contribution in [0, 0.1) is 6.92 Å². The van der Waals surface area contributed by atoms with Crippen molar-refractivity contribution in [2.24, 2.45) is 0 Å². The number of carbonyl (C=O) groups is 1. The van der Waals surface area contributed by atoms with Crippen molar-refractivity contribution in [2.45, 2.75) is 33.1 Å². The first-order chi connectivity index (χ1) is 11.3. The maximum Gasteiger partial charge on any atom is 0.231 e. The molecule has 3 rings (SSSR count). The van der Waals surface area contributed by atoms with E-state index in [1.807, 2.05) is 19.1 Å². The first-order valence-corrected chi connectivity index (χ1v) is 8.03. The molecule has 0 saturated carbocycles. The highest BCUT2D eigenvalue weighted by atomic mass is 16.5. The molecule has 1 heterocycles. The van der Waals surface area contributed by atoms with Crippen LogP contribution in [0.3, 0.4) is 0 Å². The molecule has 2 aromatic carbocycles. The van der Waals surface area contributed by atoms with Gasteiger partial charge in [-0.25, -0.2) is 0 Å². The highest BCUT2D eigenvalue weighted by Crippen LogP contribution is 2.39. The van der Waals surface area contributed by atoms with Crippen LogP contribution in [0.2, 0.25) is 0 Å². The van der Waals surface area contributed by atoms with Crippen molar-refractivity contribution >= 4 is 11.9 Å². The van der Waals surface area contributed by atoms with E-state index in [9.17, 15) is 4.79 Å². The van der Waals surface area contributed by atoms with Gasteiger partial charge >= 0.3 is 0 Å². The Hall–Kier alpha value is -2.55.